The summed E-state index contributed by atoms with van der Waals surface area (Å²) in [5, 5.41) is 3.80. The number of benzene rings is 3. The molecule has 0 aliphatic carbocycles. The molecule has 0 saturated heterocycles. The monoisotopic (exact) mass is 454 g/mol. The average molecular weight is 455 g/mol. The Morgan fingerprint density at radius 1 is 0.906 bits per heavy atom. The van der Waals surface area contributed by atoms with Crippen LogP contribution in [0.25, 0.3) is 0 Å². The van der Waals surface area contributed by atoms with Crippen LogP contribution >= 0.6 is 0 Å². The first kappa shape index (κ1) is 22.8. The Hall–Kier alpha value is -3.85. The first-order chi connectivity index (χ1) is 15.3. The Labute approximate surface area is 186 Å². The van der Waals surface area contributed by atoms with Crippen molar-refractivity contribution in [3.8, 4) is 17.2 Å². The van der Waals surface area contributed by atoms with Gasteiger partial charge in [-0.25, -0.2) is 9.63 Å². The maximum atomic E-state index is 12.4. The fourth-order valence-corrected chi connectivity index (χ4v) is 3.47. The van der Waals surface area contributed by atoms with Gasteiger partial charge in [0, 0.05) is 0 Å². The van der Waals surface area contributed by atoms with E-state index in [4.69, 9.17) is 14.2 Å². The van der Waals surface area contributed by atoms with Crippen molar-refractivity contribution in [2.24, 2.45) is 5.10 Å². The van der Waals surface area contributed by atoms with E-state index in [-0.39, 0.29) is 16.4 Å². The fraction of sp³-hybridized carbons (Fsp3) is 0.130. The SMILES string of the molecule is COc1ccc(C(=O)Oc2ccc(C=NNS(=O)(=O)c3ccc(C)cc3)cc2OC)cc1. The predicted octanol–water partition coefficient (Wildman–Crippen LogP) is 3.54. The topological polar surface area (TPSA) is 103 Å². The molecule has 0 aliphatic rings. The first-order valence-electron chi connectivity index (χ1n) is 9.48. The predicted molar refractivity (Wildman–Crippen MR) is 120 cm³/mol. The van der Waals surface area contributed by atoms with Crippen LogP contribution in [-0.2, 0) is 10.0 Å². The van der Waals surface area contributed by atoms with Gasteiger partial charge in [-0.3, -0.25) is 0 Å². The minimum atomic E-state index is -3.78. The Kier molecular flexibility index (Phi) is 7.11. The number of aryl methyl sites for hydroxylation is 1. The number of methoxy groups -OCH3 is 2. The van der Waals surface area contributed by atoms with E-state index >= 15 is 0 Å². The van der Waals surface area contributed by atoms with Crippen molar-refractivity contribution in [2.75, 3.05) is 14.2 Å². The summed E-state index contributed by atoms with van der Waals surface area (Å²) in [7, 11) is -0.810. The minimum Gasteiger partial charge on any atom is -0.497 e. The van der Waals surface area contributed by atoms with Gasteiger partial charge in [-0.15, -0.1) is 0 Å². The van der Waals surface area contributed by atoms with Crippen molar-refractivity contribution in [1.82, 2.24) is 4.83 Å². The zero-order valence-corrected chi connectivity index (χ0v) is 18.5. The summed E-state index contributed by atoms with van der Waals surface area (Å²) in [6.45, 7) is 1.87. The largest absolute Gasteiger partial charge is 0.497 e. The summed E-state index contributed by atoms with van der Waals surface area (Å²) < 4.78 is 40.4. The van der Waals surface area contributed by atoms with Crippen molar-refractivity contribution in [3.05, 3.63) is 83.4 Å². The molecule has 3 rings (SSSR count). The van der Waals surface area contributed by atoms with Crippen LogP contribution in [0.1, 0.15) is 21.5 Å². The van der Waals surface area contributed by atoms with Crippen molar-refractivity contribution in [1.29, 1.82) is 0 Å². The molecule has 0 aliphatic heterocycles. The van der Waals surface area contributed by atoms with Crippen LogP contribution in [0.4, 0.5) is 0 Å². The van der Waals surface area contributed by atoms with Crippen molar-refractivity contribution in [2.45, 2.75) is 11.8 Å². The summed E-state index contributed by atoms with van der Waals surface area (Å²) in [5.41, 5.74) is 1.84. The molecular weight excluding hydrogens is 432 g/mol. The molecule has 1 N–H and O–H groups in total. The highest BCUT2D eigenvalue weighted by atomic mass is 32.2. The molecule has 0 heterocycles. The molecule has 0 spiro atoms. The highest BCUT2D eigenvalue weighted by molar-refractivity contribution is 7.89. The lowest BCUT2D eigenvalue weighted by Crippen LogP contribution is -2.18. The van der Waals surface area contributed by atoms with Crippen LogP contribution in [0.2, 0.25) is 0 Å². The standard InChI is InChI=1S/C23H22N2O6S/c1-16-4-11-20(12-5-16)32(27,28)25-24-15-17-6-13-21(22(14-17)30-3)31-23(26)18-7-9-19(29-2)10-8-18/h4-15,25H,1-3H3. The molecule has 0 amide bonds. The van der Waals surface area contributed by atoms with Crippen LogP contribution in [0.5, 0.6) is 17.2 Å². The van der Waals surface area contributed by atoms with E-state index in [0.717, 1.165) is 5.56 Å². The third-order valence-corrected chi connectivity index (χ3v) is 5.67. The quantitative estimate of drug-likeness (QED) is 0.242. The van der Waals surface area contributed by atoms with Crippen molar-refractivity contribution in [3.63, 3.8) is 0 Å². The Morgan fingerprint density at radius 2 is 1.59 bits per heavy atom. The van der Waals surface area contributed by atoms with E-state index in [1.165, 1.54) is 38.6 Å². The Bertz CT molecular complexity index is 1220. The van der Waals surface area contributed by atoms with E-state index < -0.39 is 16.0 Å². The number of hydrazone groups is 1. The highest BCUT2D eigenvalue weighted by Gasteiger charge is 2.14. The number of carbonyl (C=O) groups excluding carboxylic acids is 1. The molecule has 0 aromatic heterocycles. The lowest BCUT2D eigenvalue weighted by molar-refractivity contribution is 0.0729. The molecule has 0 radical (unpaired) electrons. The van der Waals surface area contributed by atoms with Crippen LogP contribution in [0.3, 0.4) is 0 Å². The number of sulfonamides is 1. The van der Waals surface area contributed by atoms with Gasteiger partial charge in [0.05, 0.1) is 30.9 Å². The van der Waals surface area contributed by atoms with Gasteiger partial charge in [-0.1, -0.05) is 17.7 Å². The van der Waals surface area contributed by atoms with Gasteiger partial charge in [0.1, 0.15) is 5.75 Å². The van der Waals surface area contributed by atoms with Crippen molar-refractivity contribution >= 4 is 22.2 Å². The molecule has 0 fully saturated rings. The summed E-state index contributed by atoms with van der Waals surface area (Å²) >= 11 is 0. The minimum absolute atomic E-state index is 0.110. The average Bonchev–Trinajstić information content (AvgIpc) is 2.80. The van der Waals surface area contributed by atoms with Gasteiger partial charge in [-0.05, 0) is 67.1 Å². The van der Waals surface area contributed by atoms with Crippen LogP contribution in [-0.4, -0.2) is 34.8 Å². The van der Waals surface area contributed by atoms with E-state index in [2.05, 4.69) is 9.93 Å². The maximum Gasteiger partial charge on any atom is 0.343 e. The maximum absolute atomic E-state index is 12.4. The van der Waals surface area contributed by atoms with Crippen LogP contribution in [0, 0.1) is 6.92 Å². The summed E-state index contributed by atoms with van der Waals surface area (Å²) in [5.74, 6) is 0.571. The van der Waals surface area contributed by atoms with Gasteiger partial charge in [-0.2, -0.15) is 13.5 Å². The number of hydrogen-bond acceptors (Lipinski definition) is 7. The third-order valence-electron chi connectivity index (χ3n) is 4.43. The lowest BCUT2D eigenvalue weighted by Gasteiger charge is -2.10. The summed E-state index contributed by atoms with van der Waals surface area (Å²) in [4.78, 5) is 14.7. The number of rotatable bonds is 8. The first-order valence-corrected chi connectivity index (χ1v) is 11.0. The van der Waals surface area contributed by atoms with E-state index in [1.54, 1.807) is 48.5 Å². The van der Waals surface area contributed by atoms with Gasteiger partial charge in [0.15, 0.2) is 11.5 Å². The molecule has 32 heavy (non-hydrogen) atoms. The van der Waals surface area contributed by atoms with Crippen molar-refractivity contribution < 1.29 is 27.4 Å². The molecule has 0 unspecified atom stereocenters. The Balaban J connectivity index is 1.70. The normalized spacial score (nSPS) is 11.2. The number of esters is 1. The zero-order chi connectivity index (χ0) is 23.1. The molecule has 3 aromatic rings. The Morgan fingerprint density at radius 3 is 2.22 bits per heavy atom. The second-order valence-corrected chi connectivity index (χ2v) is 8.36. The summed E-state index contributed by atoms with van der Waals surface area (Å²) in [6.07, 6.45) is 1.32. The molecular formula is C23H22N2O6S. The molecule has 166 valence electrons. The fourth-order valence-electron chi connectivity index (χ4n) is 2.68. The van der Waals surface area contributed by atoms with Gasteiger partial charge in [0.2, 0.25) is 0 Å². The molecule has 0 saturated carbocycles. The third kappa shape index (κ3) is 5.64. The number of nitrogens with one attached hydrogen (secondary N) is 1. The number of carbonyl (C=O) groups is 1. The van der Waals surface area contributed by atoms with Gasteiger partial charge < -0.3 is 14.2 Å². The van der Waals surface area contributed by atoms with Gasteiger partial charge in [0.25, 0.3) is 10.0 Å². The number of hydrogen-bond donors (Lipinski definition) is 1. The van der Waals surface area contributed by atoms with Gasteiger partial charge >= 0.3 is 5.97 Å². The van der Waals surface area contributed by atoms with E-state index in [1.807, 2.05) is 6.92 Å². The second-order valence-electron chi connectivity index (χ2n) is 6.69. The van der Waals surface area contributed by atoms with Crippen LogP contribution in [0.15, 0.2) is 76.7 Å². The molecule has 8 nitrogen and oxygen atoms in total. The number of ether oxygens (including phenoxy) is 3. The lowest BCUT2D eigenvalue weighted by atomic mass is 10.2. The second kappa shape index (κ2) is 9.97. The van der Waals surface area contributed by atoms with Crippen LogP contribution < -0.4 is 19.0 Å². The van der Waals surface area contributed by atoms with E-state index in [9.17, 15) is 13.2 Å². The zero-order valence-electron chi connectivity index (χ0n) is 17.7. The summed E-state index contributed by atoms with van der Waals surface area (Å²) in [6, 6.07) is 17.6. The molecule has 9 heteroatoms. The number of nitrogens with zero attached hydrogens (tertiary/aromatic N) is 1. The molecule has 0 atom stereocenters. The van der Waals surface area contributed by atoms with E-state index in [0.29, 0.717) is 16.9 Å². The molecule has 3 aromatic carbocycles. The highest BCUT2D eigenvalue weighted by Crippen LogP contribution is 2.28. The molecule has 0 bridgehead atoms. The smallest absolute Gasteiger partial charge is 0.343 e.